The highest BCUT2D eigenvalue weighted by molar-refractivity contribution is 6.30. The van der Waals surface area contributed by atoms with Gasteiger partial charge in [-0.3, -0.25) is 4.90 Å². The first-order valence-electron chi connectivity index (χ1n) is 5.90. The van der Waals surface area contributed by atoms with Crippen molar-refractivity contribution in [2.24, 2.45) is 5.73 Å². The number of rotatable bonds is 4. The van der Waals surface area contributed by atoms with E-state index in [0.717, 1.165) is 5.02 Å². The Morgan fingerprint density at radius 2 is 2.25 bits per heavy atom. The number of hydrogen-bond acceptors (Lipinski definition) is 2. The van der Waals surface area contributed by atoms with E-state index in [1.54, 1.807) is 0 Å². The lowest BCUT2D eigenvalue weighted by Crippen LogP contribution is -2.42. The molecule has 0 aromatic heterocycles. The van der Waals surface area contributed by atoms with Crippen molar-refractivity contribution in [3.8, 4) is 0 Å². The van der Waals surface area contributed by atoms with Crippen LogP contribution in [-0.4, -0.2) is 24.5 Å². The summed E-state index contributed by atoms with van der Waals surface area (Å²) in [7, 11) is 2.17. The molecule has 3 heteroatoms. The van der Waals surface area contributed by atoms with Crippen LogP contribution < -0.4 is 5.73 Å². The molecule has 1 aliphatic carbocycles. The maximum absolute atomic E-state index is 6.02. The molecule has 1 aromatic carbocycles. The summed E-state index contributed by atoms with van der Waals surface area (Å²) in [5, 5.41) is 0.790. The van der Waals surface area contributed by atoms with Crippen molar-refractivity contribution in [1.29, 1.82) is 0 Å². The van der Waals surface area contributed by atoms with Crippen LogP contribution in [0.1, 0.15) is 30.9 Å². The first kappa shape index (κ1) is 11.9. The summed E-state index contributed by atoms with van der Waals surface area (Å²) in [6, 6.07) is 9.03. The number of benzene rings is 1. The van der Waals surface area contributed by atoms with Gasteiger partial charge in [0, 0.05) is 23.7 Å². The van der Waals surface area contributed by atoms with Gasteiger partial charge in [0.2, 0.25) is 0 Å². The average Bonchev–Trinajstić information content (AvgIpc) is 2.16. The Balaban J connectivity index is 2.14. The number of halogens is 1. The molecule has 0 aliphatic heterocycles. The predicted octanol–water partition coefficient (Wildman–Crippen LogP) is 2.82. The van der Waals surface area contributed by atoms with Gasteiger partial charge >= 0.3 is 0 Å². The lowest BCUT2D eigenvalue weighted by atomic mass is 9.89. The van der Waals surface area contributed by atoms with Crippen molar-refractivity contribution in [3.05, 3.63) is 34.9 Å². The van der Waals surface area contributed by atoms with Gasteiger partial charge in [0.25, 0.3) is 0 Å². The van der Waals surface area contributed by atoms with Gasteiger partial charge in [-0.1, -0.05) is 30.2 Å². The average molecular weight is 239 g/mol. The van der Waals surface area contributed by atoms with Crippen LogP contribution in [-0.2, 0) is 0 Å². The fourth-order valence-electron chi connectivity index (χ4n) is 2.30. The van der Waals surface area contributed by atoms with Crippen LogP contribution in [0.15, 0.2) is 24.3 Å². The Bertz CT molecular complexity index is 350. The Morgan fingerprint density at radius 1 is 1.50 bits per heavy atom. The van der Waals surface area contributed by atoms with Crippen molar-refractivity contribution >= 4 is 11.6 Å². The molecule has 2 nitrogen and oxygen atoms in total. The molecule has 1 aliphatic rings. The van der Waals surface area contributed by atoms with E-state index in [-0.39, 0.29) is 0 Å². The predicted molar refractivity (Wildman–Crippen MR) is 68.6 cm³/mol. The molecule has 2 N–H and O–H groups in total. The van der Waals surface area contributed by atoms with Gasteiger partial charge in [-0.25, -0.2) is 0 Å². The Kier molecular flexibility index (Phi) is 3.85. The standard InChI is InChI=1S/C13H19ClN2/c1-16(12-6-3-7-12)13(9-15)10-4-2-5-11(14)8-10/h2,4-5,8,12-13H,3,6-7,9,15H2,1H3. The molecule has 0 saturated heterocycles. The molecule has 0 radical (unpaired) electrons. The number of hydrogen-bond donors (Lipinski definition) is 1. The molecule has 0 spiro atoms. The molecule has 16 heavy (non-hydrogen) atoms. The third-order valence-electron chi connectivity index (χ3n) is 3.60. The van der Waals surface area contributed by atoms with Crippen molar-refractivity contribution in [3.63, 3.8) is 0 Å². The van der Waals surface area contributed by atoms with Gasteiger partial charge in [-0.15, -0.1) is 0 Å². The molecular weight excluding hydrogens is 220 g/mol. The lowest BCUT2D eigenvalue weighted by Gasteiger charge is -2.39. The van der Waals surface area contributed by atoms with Crippen LogP contribution in [0.25, 0.3) is 0 Å². The van der Waals surface area contributed by atoms with Crippen molar-refractivity contribution in [1.82, 2.24) is 4.90 Å². The molecule has 1 aromatic rings. The molecule has 0 bridgehead atoms. The van der Waals surface area contributed by atoms with Crippen LogP contribution >= 0.6 is 11.6 Å². The zero-order chi connectivity index (χ0) is 11.5. The molecule has 1 saturated carbocycles. The van der Waals surface area contributed by atoms with E-state index in [1.807, 2.05) is 18.2 Å². The summed E-state index contributed by atoms with van der Waals surface area (Å²) in [6.07, 6.45) is 3.95. The zero-order valence-corrected chi connectivity index (χ0v) is 10.5. The van der Waals surface area contributed by atoms with Crippen molar-refractivity contribution < 1.29 is 0 Å². The zero-order valence-electron chi connectivity index (χ0n) is 9.70. The largest absolute Gasteiger partial charge is 0.329 e. The second kappa shape index (κ2) is 5.17. The minimum Gasteiger partial charge on any atom is -0.329 e. The van der Waals surface area contributed by atoms with Crippen molar-refractivity contribution in [2.75, 3.05) is 13.6 Å². The van der Waals surface area contributed by atoms with Crippen LogP contribution in [0.3, 0.4) is 0 Å². The molecule has 1 fully saturated rings. The Morgan fingerprint density at radius 3 is 2.75 bits per heavy atom. The Hall–Kier alpha value is -0.570. The highest BCUT2D eigenvalue weighted by Crippen LogP contribution is 2.31. The number of nitrogens with two attached hydrogens (primary N) is 1. The van der Waals surface area contributed by atoms with Gasteiger partial charge in [-0.05, 0) is 37.6 Å². The number of likely N-dealkylation sites (N-methyl/N-ethyl adjacent to an activating group) is 1. The SMILES string of the molecule is CN(C1CCC1)C(CN)c1cccc(Cl)c1. The third-order valence-corrected chi connectivity index (χ3v) is 3.83. The minimum atomic E-state index is 0.295. The minimum absolute atomic E-state index is 0.295. The van der Waals surface area contributed by atoms with E-state index in [1.165, 1.54) is 24.8 Å². The van der Waals surface area contributed by atoms with Gasteiger partial charge in [0.15, 0.2) is 0 Å². The van der Waals surface area contributed by atoms with Crippen LogP contribution in [0.5, 0.6) is 0 Å². The molecule has 2 rings (SSSR count). The highest BCUT2D eigenvalue weighted by atomic mass is 35.5. The van der Waals surface area contributed by atoms with E-state index in [2.05, 4.69) is 18.0 Å². The summed E-state index contributed by atoms with van der Waals surface area (Å²) >= 11 is 6.02. The molecule has 1 atom stereocenters. The second-order valence-corrected chi connectivity index (χ2v) is 4.99. The first-order chi connectivity index (χ1) is 7.72. The van der Waals surface area contributed by atoms with E-state index >= 15 is 0 Å². The van der Waals surface area contributed by atoms with Gasteiger partial charge in [0.05, 0.1) is 0 Å². The van der Waals surface area contributed by atoms with Crippen molar-refractivity contribution in [2.45, 2.75) is 31.3 Å². The summed E-state index contributed by atoms with van der Waals surface area (Å²) < 4.78 is 0. The molecular formula is C13H19ClN2. The summed E-state index contributed by atoms with van der Waals surface area (Å²) in [6.45, 7) is 0.646. The van der Waals surface area contributed by atoms with E-state index < -0.39 is 0 Å². The number of nitrogens with zero attached hydrogens (tertiary/aromatic N) is 1. The van der Waals surface area contributed by atoms with E-state index in [0.29, 0.717) is 18.6 Å². The fraction of sp³-hybridized carbons (Fsp3) is 0.538. The monoisotopic (exact) mass is 238 g/mol. The fourth-order valence-corrected chi connectivity index (χ4v) is 2.50. The van der Waals surface area contributed by atoms with Crippen LogP contribution in [0, 0.1) is 0 Å². The van der Waals surface area contributed by atoms with Gasteiger partial charge in [-0.2, -0.15) is 0 Å². The van der Waals surface area contributed by atoms with Crippen LogP contribution in [0.2, 0.25) is 5.02 Å². The highest BCUT2D eigenvalue weighted by Gasteiger charge is 2.27. The van der Waals surface area contributed by atoms with Crippen LogP contribution in [0.4, 0.5) is 0 Å². The lowest BCUT2D eigenvalue weighted by molar-refractivity contribution is 0.113. The summed E-state index contributed by atoms with van der Waals surface area (Å²) in [4.78, 5) is 2.40. The molecule has 0 amide bonds. The van der Waals surface area contributed by atoms with E-state index in [9.17, 15) is 0 Å². The van der Waals surface area contributed by atoms with E-state index in [4.69, 9.17) is 17.3 Å². The Labute approximate surface area is 102 Å². The third kappa shape index (κ3) is 2.40. The molecule has 1 unspecified atom stereocenters. The summed E-state index contributed by atoms with van der Waals surface area (Å²) in [5.74, 6) is 0. The maximum Gasteiger partial charge on any atom is 0.0470 e. The van der Waals surface area contributed by atoms with Gasteiger partial charge in [0.1, 0.15) is 0 Å². The maximum atomic E-state index is 6.02. The summed E-state index contributed by atoms with van der Waals surface area (Å²) in [5.41, 5.74) is 7.11. The molecule has 88 valence electrons. The quantitative estimate of drug-likeness (QED) is 0.874. The topological polar surface area (TPSA) is 29.3 Å². The second-order valence-electron chi connectivity index (χ2n) is 4.56. The van der Waals surface area contributed by atoms with Gasteiger partial charge < -0.3 is 5.73 Å². The first-order valence-corrected chi connectivity index (χ1v) is 6.27. The normalized spacial score (nSPS) is 18.5. The molecule has 0 heterocycles. The smallest absolute Gasteiger partial charge is 0.0470 e.